The molecule has 0 N–H and O–H groups in total. The molecule has 1 aliphatic heterocycles. The average Bonchev–Trinajstić information content (AvgIpc) is 2.96. The minimum Gasteiger partial charge on any atom is -0.374 e. The summed E-state index contributed by atoms with van der Waals surface area (Å²) >= 11 is 0. The van der Waals surface area contributed by atoms with Crippen LogP contribution in [0.5, 0.6) is 0 Å². The maximum absolute atomic E-state index is 12.9. The van der Waals surface area contributed by atoms with Crippen molar-refractivity contribution in [2.45, 2.75) is 37.7 Å². The largest absolute Gasteiger partial charge is 0.374 e. The molecular weight excluding hydrogens is 318 g/mol. The van der Waals surface area contributed by atoms with E-state index in [1.54, 1.807) is 36.9 Å². The van der Waals surface area contributed by atoms with Gasteiger partial charge in [-0.1, -0.05) is 6.07 Å². The van der Waals surface area contributed by atoms with Gasteiger partial charge in [0.15, 0.2) is 0 Å². The molecule has 2 aromatic rings. The molecule has 6 heteroatoms. The van der Waals surface area contributed by atoms with E-state index in [1.165, 1.54) is 0 Å². The summed E-state index contributed by atoms with van der Waals surface area (Å²) in [5.74, 6) is 0.0218. The first-order chi connectivity index (χ1) is 12.3. The third-order valence-electron chi connectivity index (χ3n) is 4.91. The van der Waals surface area contributed by atoms with Crippen molar-refractivity contribution in [2.24, 2.45) is 0 Å². The van der Waals surface area contributed by atoms with Crippen LogP contribution in [0.3, 0.4) is 0 Å². The van der Waals surface area contributed by atoms with Crippen LogP contribution < -0.4 is 0 Å². The van der Waals surface area contributed by atoms with Gasteiger partial charge in [0.1, 0.15) is 6.10 Å². The minimum atomic E-state index is -0.103. The number of fused-ring (bicyclic) bond motifs is 2. The highest BCUT2D eigenvalue weighted by Crippen LogP contribution is 2.33. The number of hydrogen-bond donors (Lipinski definition) is 0. The molecule has 3 heterocycles. The number of ether oxygens (including phenoxy) is 2. The molecule has 1 amide bonds. The highest BCUT2D eigenvalue weighted by Gasteiger charge is 2.44. The third-order valence-corrected chi connectivity index (χ3v) is 4.91. The number of amides is 1. The Labute approximate surface area is 146 Å². The van der Waals surface area contributed by atoms with Crippen molar-refractivity contribution in [3.63, 3.8) is 0 Å². The number of carbonyl (C=O) groups is 1. The monoisotopic (exact) mass is 339 g/mol. The molecule has 25 heavy (non-hydrogen) atoms. The van der Waals surface area contributed by atoms with E-state index in [-0.39, 0.29) is 24.2 Å². The van der Waals surface area contributed by atoms with Crippen molar-refractivity contribution in [3.8, 4) is 0 Å². The van der Waals surface area contributed by atoms with Gasteiger partial charge >= 0.3 is 0 Å². The van der Waals surface area contributed by atoms with Crippen molar-refractivity contribution in [2.75, 3.05) is 13.2 Å². The molecule has 6 nitrogen and oxygen atoms in total. The van der Waals surface area contributed by atoms with E-state index in [1.807, 2.05) is 17.0 Å². The number of rotatable bonds is 4. The minimum absolute atomic E-state index is 0.0218. The quantitative estimate of drug-likeness (QED) is 0.853. The van der Waals surface area contributed by atoms with E-state index in [0.29, 0.717) is 25.3 Å². The van der Waals surface area contributed by atoms with Gasteiger partial charge in [-0.15, -0.1) is 0 Å². The molecule has 0 unspecified atom stereocenters. The molecular formula is C19H21N3O3. The van der Waals surface area contributed by atoms with Gasteiger partial charge in [-0.3, -0.25) is 14.8 Å². The van der Waals surface area contributed by atoms with Gasteiger partial charge in [-0.2, -0.15) is 0 Å². The van der Waals surface area contributed by atoms with Crippen molar-refractivity contribution in [3.05, 3.63) is 60.2 Å². The summed E-state index contributed by atoms with van der Waals surface area (Å²) in [5, 5.41) is 0. The van der Waals surface area contributed by atoms with E-state index in [0.717, 1.165) is 18.4 Å². The maximum atomic E-state index is 12.9. The van der Waals surface area contributed by atoms with Crippen LogP contribution >= 0.6 is 0 Å². The van der Waals surface area contributed by atoms with E-state index in [2.05, 4.69) is 9.97 Å². The summed E-state index contributed by atoms with van der Waals surface area (Å²) in [6.07, 6.45) is 8.62. The molecule has 2 bridgehead atoms. The average molecular weight is 339 g/mol. The lowest BCUT2D eigenvalue weighted by Gasteiger charge is -2.31. The number of carbonyl (C=O) groups excluding carboxylic acids is 1. The van der Waals surface area contributed by atoms with Gasteiger partial charge in [0.05, 0.1) is 25.4 Å². The Bertz CT molecular complexity index is 710. The first kappa shape index (κ1) is 16.2. The van der Waals surface area contributed by atoms with Crippen LogP contribution in [0.1, 0.15) is 28.8 Å². The van der Waals surface area contributed by atoms with E-state index in [4.69, 9.17) is 9.47 Å². The number of pyridine rings is 2. The zero-order valence-corrected chi connectivity index (χ0v) is 14.0. The maximum Gasteiger partial charge on any atom is 0.254 e. The number of nitrogens with zero attached hydrogens (tertiary/aromatic N) is 3. The van der Waals surface area contributed by atoms with Crippen molar-refractivity contribution in [1.29, 1.82) is 0 Å². The first-order valence-corrected chi connectivity index (χ1v) is 8.66. The zero-order valence-electron chi connectivity index (χ0n) is 14.0. The normalized spacial score (nSPS) is 25.6. The van der Waals surface area contributed by atoms with Gasteiger partial charge in [0.2, 0.25) is 0 Å². The van der Waals surface area contributed by atoms with Gasteiger partial charge in [-0.05, 0) is 36.6 Å². The van der Waals surface area contributed by atoms with Crippen molar-refractivity contribution < 1.29 is 14.3 Å². The standard InChI is InChI=1S/C19H21N3O3/c23-19(15-5-8-20-9-6-15)22-10-11-24-17-4-3-16(22)18(17)25-13-14-2-1-7-21-12-14/h1-2,5-9,12,16-18H,3-4,10-11,13H2/t16-,17-,18+/m0/s1. The molecule has 0 spiro atoms. The molecule has 2 aromatic heterocycles. The molecule has 2 fully saturated rings. The third kappa shape index (κ3) is 3.41. The summed E-state index contributed by atoms with van der Waals surface area (Å²) in [7, 11) is 0. The molecule has 4 rings (SSSR count). The van der Waals surface area contributed by atoms with Crippen molar-refractivity contribution in [1.82, 2.24) is 14.9 Å². The highest BCUT2D eigenvalue weighted by atomic mass is 16.5. The highest BCUT2D eigenvalue weighted by molar-refractivity contribution is 5.94. The lowest BCUT2D eigenvalue weighted by molar-refractivity contribution is -0.0598. The molecule has 1 saturated heterocycles. The Morgan fingerprint density at radius 2 is 2.08 bits per heavy atom. The molecule has 0 aromatic carbocycles. The molecule has 1 aliphatic carbocycles. The second kappa shape index (κ2) is 7.29. The van der Waals surface area contributed by atoms with Crippen LogP contribution in [0.4, 0.5) is 0 Å². The van der Waals surface area contributed by atoms with Gasteiger partial charge in [0.25, 0.3) is 5.91 Å². The van der Waals surface area contributed by atoms with Gasteiger partial charge in [0, 0.05) is 36.9 Å². The summed E-state index contributed by atoms with van der Waals surface area (Å²) < 4.78 is 12.1. The Morgan fingerprint density at radius 3 is 2.88 bits per heavy atom. The lowest BCUT2D eigenvalue weighted by atomic mass is 10.1. The van der Waals surface area contributed by atoms with Crippen LogP contribution in [-0.4, -0.2) is 52.2 Å². The Hall–Kier alpha value is -2.31. The molecule has 3 atom stereocenters. The Kier molecular flexibility index (Phi) is 4.72. The fourth-order valence-corrected chi connectivity index (χ4v) is 3.70. The van der Waals surface area contributed by atoms with Crippen LogP contribution in [0.2, 0.25) is 0 Å². The number of aromatic nitrogens is 2. The summed E-state index contributed by atoms with van der Waals surface area (Å²) in [4.78, 5) is 23.0. The molecule has 2 aliphatic rings. The summed E-state index contributed by atoms with van der Waals surface area (Å²) in [6, 6.07) is 7.45. The van der Waals surface area contributed by atoms with E-state index >= 15 is 0 Å². The lowest BCUT2D eigenvalue weighted by Crippen LogP contribution is -2.46. The topological polar surface area (TPSA) is 64.6 Å². The van der Waals surface area contributed by atoms with Crippen molar-refractivity contribution >= 4 is 5.91 Å². The fourth-order valence-electron chi connectivity index (χ4n) is 3.70. The SMILES string of the molecule is O=C(c1ccncc1)N1CCO[C@H]2CC[C@H]1[C@H]2OCc1cccnc1. The Morgan fingerprint density at radius 1 is 1.20 bits per heavy atom. The fraction of sp³-hybridized carbons (Fsp3) is 0.421. The molecule has 0 radical (unpaired) electrons. The zero-order chi connectivity index (χ0) is 17.1. The molecule has 130 valence electrons. The van der Waals surface area contributed by atoms with E-state index < -0.39 is 0 Å². The first-order valence-electron chi connectivity index (χ1n) is 8.66. The van der Waals surface area contributed by atoms with Crippen LogP contribution in [0, 0.1) is 0 Å². The second-order valence-electron chi connectivity index (χ2n) is 6.43. The molecule has 1 saturated carbocycles. The smallest absolute Gasteiger partial charge is 0.254 e. The second-order valence-corrected chi connectivity index (χ2v) is 6.43. The Balaban J connectivity index is 1.51. The predicted octanol–water partition coefficient (Wildman–Crippen LogP) is 2.07. The van der Waals surface area contributed by atoms with Gasteiger partial charge in [-0.25, -0.2) is 0 Å². The predicted molar refractivity (Wildman–Crippen MR) is 90.8 cm³/mol. The van der Waals surface area contributed by atoms with E-state index in [9.17, 15) is 4.79 Å². The summed E-state index contributed by atoms with van der Waals surface area (Å²) in [6.45, 7) is 1.62. The van der Waals surface area contributed by atoms with Gasteiger partial charge < -0.3 is 14.4 Å². The number of hydrogen-bond acceptors (Lipinski definition) is 5. The summed E-state index contributed by atoms with van der Waals surface area (Å²) in [5.41, 5.74) is 1.68. The van der Waals surface area contributed by atoms with Crippen LogP contribution in [0.15, 0.2) is 49.1 Å². The van der Waals surface area contributed by atoms with Crippen LogP contribution in [0.25, 0.3) is 0 Å². The van der Waals surface area contributed by atoms with Crippen LogP contribution in [-0.2, 0) is 16.1 Å².